The molecule has 21 heavy (non-hydrogen) atoms. The molecule has 1 N–H and O–H groups in total. The largest absolute Gasteiger partial charge is 0.326 e. The number of amides is 1. The summed E-state index contributed by atoms with van der Waals surface area (Å²) in [6, 6.07) is 8.28. The molecule has 0 aromatic heterocycles. The van der Waals surface area contributed by atoms with Crippen LogP contribution in [0.5, 0.6) is 0 Å². The van der Waals surface area contributed by atoms with Gasteiger partial charge in [0.2, 0.25) is 15.9 Å². The minimum Gasteiger partial charge on any atom is -0.326 e. The van der Waals surface area contributed by atoms with Crippen LogP contribution in [-0.4, -0.2) is 31.7 Å². The number of nitrogens with one attached hydrogen (secondary N) is 1. The van der Waals surface area contributed by atoms with Crippen LogP contribution in [0, 0.1) is 17.2 Å². The summed E-state index contributed by atoms with van der Waals surface area (Å²) in [6.45, 7) is 2.13. The molecule has 0 unspecified atom stereocenters. The van der Waals surface area contributed by atoms with E-state index in [9.17, 15) is 13.2 Å². The van der Waals surface area contributed by atoms with Gasteiger partial charge in [0.05, 0.1) is 11.0 Å². The summed E-state index contributed by atoms with van der Waals surface area (Å²) in [6.07, 6.45) is 1.14. The van der Waals surface area contributed by atoms with E-state index in [1.54, 1.807) is 12.1 Å². The predicted octanol–water partition coefficient (Wildman–Crippen LogP) is 1.57. The Labute approximate surface area is 124 Å². The fraction of sp³-hybridized carbons (Fsp3) is 0.429. The molecule has 0 saturated carbocycles. The van der Waals surface area contributed by atoms with E-state index in [0.29, 0.717) is 31.6 Å². The van der Waals surface area contributed by atoms with Crippen molar-refractivity contribution in [3.05, 3.63) is 24.3 Å². The Kier molecular flexibility index (Phi) is 4.60. The van der Waals surface area contributed by atoms with Crippen molar-refractivity contribution in [1.29, 1.82) is 5.26 Å². The normalized spacial score (nSPS) is 17.1. The lowest BCUT2D eigenvalue weighted by atomic mass is 10.0. The summed E-state index contributed by atoms with van der Waals surface area (Å²) in [4.78, 5) is 11.1. The first-order valence-electron chi connectivity index (χ1n) is 6.71. The third-order valence-electron chi connectivity index (χ3n) is 3.45. The topological polar surface area (TPSA) is 90.3 Å². The number of piperidine rings is 1. The van der Waals surface area contributed by atoms with E-state index in [0.717, 1.165) is 0 Å². The van der Waals surface area contributed by atoms with E-state index >= 15 is 0 Å². The number of anilines is 1. The molecule has 1 aromatic rings. The molecule has 2 rings (SSSR count). The molecule has 1 saturated heterocycles. The molecular formula is C14H17N3O3S. The molecule has 1 aliphatic heterocycles. The van der Waals surface area contributed by atoms with Crippen LogP contribution in [0.2, 0.25) is 0 Å². The van der Waals surface area contributed by atoms with E-state index < -0.39 is 10.0 Å². The fourth-order valence-corrected chi connectivity index (χ4v) is 3.76. The molecule has 0 bridgehead atoms. The van der Waals surface area contributed by atoms with Crippen LogP contribution >= 0.6 is 0 Å². The van der Waals surface area contributed by atoms with Crippen molar-refractivity contribution in [3.8, 4) is 6.07 Å². The summed E-state index contributed by atoms with van der Waals surface area (Å²) >= 11 is 0. The van der Waals surface area contributed by atoms with Crippen molar-refractivity contribution >= 4 is 21.6 Å². The zero-order valence-corrected chi connectivity index (χ0v) is 12.6. The summed E-state index contributed by atoms with van der Waals surface area (Å²) in [7, 11) is -3.53. The van der Waals surface area contributed by atoms with Crippen LogP contribution in [0.15, 0.2) is 29.2 Å². The monoisotopic (exact) mass is 307 g/mol. The highest BCUT2D eigenvalue weighted by Crippen LogP contribution is 2.24. The van der Waals surface area contributed by atoms with Crippen molar-refractivity contribution in [1.82, 2.24) is 4.31 Å². The summed E-state index contributed by atoms with van der Waals surface area (Å²) in [5.74, 6) is -0.261. The van der Waals surface area contributed by atoms with Crippen LogP contribution in [0.4, 0.5) is 5.69 Å². The zero-order chi connectivity index (χ0) is 15.5. The van der Waals surface area contributed by atoms with Crippen LogP contribution in [0.1, 0.15) is 19.8 Å². The van der Waals surface area contributed by atoms with Crippen molar-refractivity contribution in [2.24, 2.45) is 5.92 Å². The van der Waals surface area contributed by atoms with Crippen molar-refractivity contribution in [3.63, 3.8) is 0 Å². The van der Waals surface area contributed by atoms with Gasteiger partial charge in [-0.1, -0.05) is 0 Å². The van der Waals surface area contributed by atoms with Gasteiger partial charge in [-0.25, -0.2) is 8.42 Å². The molecule has 0 radical (unpaired) electrons. The van der Waals surface area contributed by atoms with Gasteiger partial charge in [-0.15, -0.1) is 0 Å². The van der Waals surface area contributed by atoms with Crippen LogP contribution < -0.4 is 5.32 Å². The third kappa shape index (κ3) is 3.60. The van der Waals surface area contributed by atoms with Gasteiger partial charge in [0.15, 0.2) is 0 Å². The SMILES string of the molecule is CC(=O)Nc1ccc(S(=O)(=O)N2CCC(C#N)CC2)cc1. The fourth-order valence-electron chi connectivity index (χ4n) is 2.29. The summed E-state index contributed by atoms with van der Waals surface area (Å²) in [5, 5.41) is 11.4. The minimum atomic E-state index is -3.53. The molecule has 1 aromatic carbocycles. The summed E-state index contributed by atoms with van der Waals surface area (Å²) < 4.78 is 26.4. The van der Waals surface area contributed by atoms with Gasteiger partial charge in [0.25, 0.3) is 0 Å². The van der Waals surface area contributed by atoms with E-state index in [4.69, 9.17) is 5.26 Å². The highest BCUT2D eigenvalue weighted by molar-refractivity contribution is 7.89. The molecule has 0 aliphatic carbocycles. The van der Waals surface area contributed by atoms with E-state index in [1.807, 2.05) is 0 Å². The first-order valence-corrected chi connectivity index (χ1v) is 8.15. The molecular weight excluding hydrogens is 290 g/mol. The van der Waals surface area contributed by atoms with Gasteiger partial charge in [-0.05, 0) is 37.1 Å². The Bertz CT molecular complexity index is 654. The maximum Gasteiger partial charge on any atom is 0.243 e. The van der Waals surface area contributed by atoms with Gasteiger partial charge >= 0.3 is 0 Å². The number of carbonyl (C=O) groups is 1. The number of hydrogen-bond donors (Lipinski definition) is 1. The Morgan fingerprint density at radius 3 is 2.33 bits per heavy atom. The van der Waals surface area contributed by atoms with Crippen LogP contribution in [0.25, 0.3) is 0 Å². The number of hydrogen-bond acceptors (Lipinski definition) is 4. The third-order valence-corrected chi connectivity index (χ3v) is 5.36. The lowest BCUT2D eigenvalue weighted by Gasteiger charge is -2.28. The lowest BCUT2D eigenvalue weighted by molar-refractivity contribution is -0.114. The van der Waals surface area contributed by atoms with E-state index in [-0.39, 0.29) is 16.7 Å². The van der Waals surface area contributed by atoms with Crippen molar-refractivity contribution in [2.75, 3.05) is 18.4 Å². The second-order valence-corrected chi connectivity index (χ2v) is 6.95. The Balaban J connectivity index is 2.13. The molecule has 1 heterocycles. The van der Waals surface area contributed by atoms with Gasteiger partial charge in [0.1, 0.15) is 0 Å². The summed E-state index contributed by atoms with van der Waals surface area (Å²) in [5.41, 5.74) is 0.560. The second-order valence-electron chi connectivity index (χ2n) is 5.01. The first kappa shape index (κ1) is 15.5. The minimum absolute atomic E-state index is 0.0569. The number of carbonyl (C=O) groups excluding carboxylic acids is 1. The Hall–Kier alpha value is -1.91. The number of rotatable bonds is 3. The molecule has 1 amide bonds. The smallest absolute Gasteiger partial charge is 0.243 e. The average Bonchev–Trinajstić information content (AvgIpc) is 2.47. The quantitative estimate of drug-likeness (QED) is 0.917. The van der Waals surface area contributed by atoms with Crippen LogP contribution in [-0.2, 0) is 14.8 Å². The molecule has 0 spiro atoms. The molecule has 1 fully saturated rings. The Morgan fingerprint density at radius 2 is 1.86 bits per heavy atom. The lowest BCUT2D eigenvalue weighted by Crippen LogP contribution is -2.38. The molecule has 0 atom stereocenters. The predicted molar refractivity (Wildman–Crippen MR) is 77.8 cm³/mol. The molecule has 1 aliphatic rings. The van der Waals surface area contributed by atoms with Crippen LogP contribution in [0.3, 0.4) is 0 Å². The Morgan fingerprint density at radius 1 is 1.29 bits per heavy atom. The van der Waals surface area contributed by atoms with Gasteiger partial charge < -0.3 is 5.32 Å². The number of nitriles is 1. The molecule has 112 valence electrons. The van der Waals surface area contributed by atoms with Gasteiger partial charge in [0, 0.05) is 31.6 Å². The molecule has 6 nitrogen and oxygen atoms in total. The van der Waals surface area contributed by atoms with Gasteiger partial charge in [-0.3, -0.25) is 4.79 Å². The van der Waals surface area contributed by atoms with E-state index in [1.165, 1.54) is 23.4 Å². The second kappa shape index (κ2) is 6.24. The van der Waals surface area contributed by atoms with Gasteiger partial charge in [-0.2, -0.15) is 9.57 Å². The highest BCUT2D eigenvalue weighted by Gasteiger charge is 2.29. The zero-order valence-electron chi connectivity index (χ0n) is 11.7. The maximum atomic E-state index is 12.5. The van der Waals surface area contributed by atoms with Crippen molar-refractivity contribution < 1.29 is 13.2 Å². The highest BCUT2D eigenvalue weighted by atomic mass is 32.2. The van der Waals surface area contributed by atoms with Crippen molar-refractivity contribution in [2.45, 2.75) is 24.7 Å². The molecule has 7 heteroatoms. The first-order chi connectivity index (χ1) is 9.93. The number of sulfonamides is 1. The number of nitrogens with zero attached hydrogens (tertiary/aromatic N) is 2. The standard InChI is InChI=1S/C14H17N3O3S/c1-11(18)16-13-2-4-14(5-3-13)21(19,20)17-8-6-12(10-15)7-9-17/h2-5,12H,6-9H2,1H3,(H,16,18). The maximum absolute atomic E-state index is 12.5. The number of benzene rings is 1. The average molecular weight is 307 g/mol. The van der Waals surface area contributed by atoms with E-state index in [2.05, 4.69) is 11.4 Å².